The number of esters is 1. The Balaban J connectivity index is 1.83. The average molecular weight is 409 g/mol. The maximum atomic E-state index is 12.6. The number of nitrogens with zero attached hydrogens (tertiary/aromatic N) is 2. The highest BCUT2D eigenvalue weighted by molar-refractivity contribution is 7.99. The summed E-state index contributed by atoms with van der Waals surface area (Å²) in [6.07, 6.45) is 0. The van der Waals surface area contributed by atoms with Crippen molar-refractivity contribution >= 4 is 29.3 Å². The number of aryl methyl sites for hydroxylation is 1. The van der Waals surface area contributed by atoms with Crippen LogP contribution >= 0.6 is 11.8 Å². The standard InChI is InChI=1S/C21H19N3O4S/c1-13-12-17(20(26)28-3)24-21(22-13)29-18-7-5-4-6-16(18)23-19(25)14-8-10-15(27-2)11-9-14/h4-12H,1-3H3,(H,23,25). The number of carbonyl (C=O) groups is 2. The molecule has 0 aliphatic rings. The number of hydrogen-bond acceptors (Lipinski definition) is 7. The van der Waals surface area contributed by atoms with E-state index in [4.69, 9.17) is 9.47 Å². The molecule has 0 aliphatic carbocycles. The van der Waals surface area contributed by atoms with Crippen LogP contribution in [-0.2, 0) is 4.74 Å². The summed E-state index contributed by atoms with van der Waals surface area (Å²) in [5.41, 5.74) is 1.94. The number of amides is 1. The maximum absolute atomic E-state index is 12.6. The second kappa shape index (κ2) is 9.20. The number of methoxy groups -OCH3 is 2. The SMILES string of the molecule is COC(=O)c1cc(C)nc(Sc2ccccc2NC(=O)c2ccc(OC)cc2)n1. The summed E-state index contributed by atoms with van der Waals surface area (Å²) in [5, 5.41) is 3.29. The second-order valence-electron chi connectivity index (χ2n) is 5.95. The van der Waals surface area contributed by atoms with Crippen LogP contribution in [0.25, 0.3) is 0 Å². The minimum Gasteiger partial charge on any atom is -0.497 e. The molecule has 1 heterocycles. The van der Waals surface area contributed by atoms with Crippen molar-refractivity contribution in [3.05, 3.63) is 71.5 Å². The van der Waals surface area contributed by atoms with E-state index in [-0.39, 0.29) is 11.6 Å². The van der Waals surface area contributed by atoms with Crippen molar-refractivity contribution in [1.29, 1.82) is 0 Å². The first kappa shape index (κ1) is 20.3. The molecule has 3 rings (SSSR count). The van der Waals surface area contributed by atoms with Crippen LogP contribution in [0.3, 0.4) is 0 Å². The van der Waals surface area contributed by atoms with Gasteiger partial charge in [0.05, 0.1) is 19.9 Å². The highest BCUT2D eigenvalue weighted by Crippen LogP contribution is 2.32. The number of nitrogens with one attached hydrogen (secondary N) is 1. The molecule has 0 spiro atoms. The molecule has 1 N–H and O–H groups in total. The lowest BCUT2D eigenvalue weighted by molar-refractivity contribution is 0.0592. The lowest BCUT2D eigenvalue weighted by atomic mass is 10.2. The van der Waals surface area contributed by atoms with Gasteiger partial charge in [0.2, 0.25) is 0 Å². The second-order valence-corrected chi connectivity index (χ2v) is 6.96. The van der Waals surface area contributed by atoms with Crippen LogP contribution in [0.4, 0.5) is 5.69 Å². The van der Waals surface area contributed by atoms with Crippen LogP contribution in [0.2, 0.25) is 0 Å². The molecule has 0 fully saturated rings. The van der Waals surface area contributed by atoms with Crippen molar-refractivity contribution in [2.24, 2.45) is 0 Å². The first-order valence-electron chi connectivity index (χ1n) is 8.66. The summed E-state index contributed by atoms with van der Waals surface area (Å²) >= 11 is 1.25. The Labute approximate surface area is 172 Å². The monoisotopic (exact) mass is 409 g/mol. The molecular weight excluding hydrogens is 390 g/mol. The van der Waals surface area contributed by atoms with Crippen LogP contribution in [0.15, 0.2) is 64.6 Å². The molecule has 0 radical (unpaired) electrons. The normalized spacial score (nSPS) is 10.3. The summed E-state index contributed by atoms with van der Waals surface area (Å²) in [4.78, 5) is 33.8. The summed E-state index contributed by atoms with van der Waals surface area (Å²) in [5.74, 6) is -0.102. The molecule has 0 saturated carbocycles. The Bertz CT molecular complexity index is 1040. The van der Waals surface area contributed by atoms with Gasteiger partial charge in [0, 0.05) is 16.2 Å². The predicted octanol–water partition coefficient (Wildman–Crippen LogP) is 3.98. The van der Waals surface area contributed by atoms with Gasteiger partial charge in [-0.3, -0.25) is 4.79 Å². The van der Waals surface area contributed by atoms with E-state index >= 15 is 0 Å². The number of para-hydroxylation sites is 1. The average Bonchev–Trinajstić information content (AvgIpc) is 2.74. The van der Waals surface area contributed by atoms with Gasteiger partial charge in [0.15, 0.2) is 10.9 Å². The molecule has 148 valence electrons. The third-order valence-corrected chi connectivity index (χ3v) is 4.86. The molecule has 29 heavy (non-hydrogen) atoms. The minimum absolute atomic E-state index is 0.183. The first-order valence-corrected chi connectivity index (χ1v) is 9.48. The number of rotatable bonds is 6. The van der Waals surface area contributed by atoms with Crippen LogP contribution in [0, 0.1) is 6.92 Å². The van der Waals surface area contributed by atoms with Crippen LogP contribution in [0.1, 0.15) is 26.5 Å². The summed E-state index contributed by atoms with van der Waals surface area (Å²) in [6, 6.07) is 15.7. The lowest BCUT2D eigenvalue weighted by Gasteiger charge is -2.11. The van der Waals surface area contributed by atoms with E-state index in [1.54, 1.807) is 50.4 Å². The van der Waals surface area contributed by atoms with E-state index in [9.17, 15) is 9.59 Å². The van der Waals surface area contributed by atoms with E-state index in [1.807, 2.05) is 18.2 Å². The fourth-order valence-electron chi connectivity index (χ4n) is 2.49. The van der Waals surface area contributed by atoms with Gasteiger partial charge < -0.3 is 14.8 Å². The van der Waals surface area contributed by atoms with Crippen LogP contribution in [-0.4, -0.2) is 36.1 Å². The molecule has 8 heteroatoms. The van der Waals surface area contributed by atoms with Gasteiger partial charge in [0.25, 0.3) is 5.91 Å². The topological polar surface area (TPSA) is 90.4 Å². The fourth-order valence-corrected chi connectivity index (χ4v) is 3.40. The van der Waals surface area contributed by atoms with Crippen molar-refractivity contribution in [3.63, 3.8) is 0 Å². The predicted molar refractivity (Wildman–Crippen MR) is 110 cm³/mol. The molecule has 7 nitrogen and oxygen atoms in total. The molecule has 0 unspecified atom stereocenters. The third kappa shape index (κ3) is 5.11. The number of anilines is 1. The molecule has 0 saturated heterocycles. The summed E-state index contributed by atoms with van der Waals surface area (Å²) < 4.78 is 9.85. The number of aromatic nitrogens is 2. The highest BCUT2D eigenvalue weighted by atomic mass is 32.2. The van der Waals surface area contributed by atoms with Gasteiger partial charge in [-0.05, 0) is 61.2 Å². The zero-order valence-electron chi connectivity index (χ0n) is 16.1. The minimum atomic E-state index is -0.529. The summed E-state index contributed by atoms with van der Waals surface area (Å²) in [6.45, 7) is 1.77. The quantitative estimate of drug-likeness (QED) is 0.486. The Hall–Kier alpha value is -3.39. The van der Waals surface area contributed by atoms with Gasteiger partial charge in [-0.2, -0.15) is 0 Å². The number of ether oxygens (including phenoxy) is 2. The fraction of sp³-hybridized carbons (Fsp3) is 0.143. The van der Waals surface area contributed by atoms with Crippen molar-refractivity contribution in [2.75, 3.05) is 19.5 Å². The van der Waals surface area contributed by atoms with E-state index in [1.165, 1.54) is 18.9 Å². The smallest absolute Gasteiger partial charge is 0.356 e. The Morgan fingerprint density at radius 1 is 1.00 bits per heavy atom. The zero-order chi connectivity index (χ0) is 20.8. The summed E-state index contributed by atoms with van der Waals surface area (Å²) in [7, 11) is 2.87. The number of benzene rings is 2. The molecule has 2 aromatic carbocycles. The number of hydrogen-bond donors (Lipinski definition) is 1. The highest BCUT2D eigenvalue weighted by Gasteiger charge is 2.14. The zero-order valence-corrected chi connectivity index (χ0v) is 16.9. The first-order chi connectivity index (χ1) is 14.0. The molecule has 0 bridgehead atoms. The van der Waals surface area contributed by atoms with Crippen molar-refractivity contribution < 1.29 is 19.1 Å². The molecule has 3 aromatic rings. The largest absolute Gasteiger partial charge is 0.497 e. The van der Waals surface area contributed by atoms with Crippen molar-refractivity contribution in [3.8, 4) is 5.75 Å². The van der Waals surface area contributed by atoms with Crippen molar-refractivity contribution in [2.45, 2.75) is 17.0 Å². The van der Waals surface area contributed by atoms with Gasteiger partial charge >= 0.3 is 5.97 Å². The molecule has 1 amide bonds. The van der Waals surface area contributed by atoms with Gasteiger partial charge in [0.1, 0.15) is 5.75 Å². The molecule has 1 aromatic heterocycles. The van der Waals surface area contributed by atoms with Crippen LogP contribution in [0.5, 0.6) is 5.75 Å². The van der Waals surface area contributed by atoms with E-state index in [0.717, 1.165) is 4.90 Å². The van der Waals surface area contributed by atoms with Gasteiger partial charge in [-0.25, -0.2) is 14.8 Å². The van der Waals surface area contributed by atoms with Gasteiger partial charge in [-0.15, -0.1) is 0 Å². The number of carbonyl (C=O) groups excluding carboxylic acids is 2. The van der Waals surface area contributed by atoms with E-state index in [0.29, 0.717) is 27.9 Å². The lowest BCUT2D eigenvalue weighted by Crippen LogP contribution is -2.12. The van der Waals surface area contributed by atoms with Crippen LogP contribution < -0.4 is 10.1 Å². The Kier molecular flexibility index (Phi) is 6.46. The Morgan fingerprint density at radius 2 is 1.72 bits per heavy atom. The van der Waals surface area contributed by atoms with Gasteiger partial charge in [-0.1, -0.05) is 12.1 Å². The van der Waals surface area contributed by atoms with E-state index in [2.05, 4.69) is 15.3 Å². The third-order valence-electron chi connectivity index (χ3n) is 3.92. The molecule has 0 atom stereocenters. The molecular formula is C21H19N3O4S. The Morgan fingerprint density at radius 3 is 2.41 bits per heavy atom. The molecule has 0 aliphatic heterocycles. The maximum Gasteiger partial charge on any atom is 0.356 e. The van der Waals surface area contributed by atoms with E-state index < -0.39 is 5.97 Å². The van der Waals surface area contributed by atoms with Crippen molar-refractivity contribution in [1.82, 2.24) is 9.97 Å².